The number of likely N-dealkylation sites (tertiary alicyclic amines) is 1. The van der Waals surface area contributed by atoms with E-state index in [-0.39, 0.29) is 44.7 Å². The van der Waals surface area contributed by atoms with Crippen molar-refractivity contribution < 1.29 is 42.0 Å². The molecule has 1 unspecified atom stereocenters. The van der Waals surface area contributed by atoms with Crippen molar-refractivity contribution in [2.24, 2.45) is 0 Å². The molecule has 0 aromatic heterocycles. The zero-order chi connectivity index (χ0) is 21.4. The summed E-state index contributed by atoms with van der Waals surface area (Å²) in [5, 5.41) is 3.21. The first-order chi connectivity index (χ1) is 13.8. The Labute approximate surface area is 209 Å². The first-order valence-electron chi connectivity index (χ1n) is 11.0. The average Bonchev–Trinajstić information content (AvgIpc) is 2.71. The minimum Gasteiger partial charge on any atom is -0.320 e. The Morgan fingerprint density at radius 1 is 0.933 bits per heavy atom. The van der Waals surface area contributed by atoms with Crippen LogP contribution in [0.2, 0.25) is 0 Å². The Morgan fingerprint density at radius 3 is 1.90 bits per heavy atom. The van der Waals surface area contributed by atoms with Crippen LogP contribution in [0.1, 0.15) is 55.4 Å². The number of anilines is 1. The van der Waals surface area contributed by atoms with Gasteiger partial charge in [-0.05, 0) is 71.9 Å². The van der Waals surface area contributed by atoms with Crippen LogP contribution in [0.15, 0.2) is 42.5 Å². The molecule has 2 aromatic rings. The Bertz CT molecular complexity index is 775. The minimum atomic E-state index is 0. The molecule has 30 heavy (non-hydrogen) atoms. The van der Waals surface area contributed by atoms with Gasteiger partial charge < -0.3 is 9.80 Å². The van der Waals surface area contributed by atoms with Gasteiger partial charge in [-0.2, -0.15) is 0 Å². The van der Waals surface area contributed by atoms with Gasteiger partial charge in [-0.1, -0.05) is 53.6 Å². The summed E-state index contributed by atoms with van der Waals surface area (Å²) in [5.41, 5.74) is 5.87. The van der Waals surface area contributed by atoms with Gasteiger partial charge in [-0.25, -0.2) is 0 Å². The summed E-state index contributed by atoms with van der Waals surface area (Å²) >= 11 is 0. The van der Waals surface area contributed by atoms with Crippen LogP contribution < -0.4 is 5.32 Å². The first kappa shape index (κ1) is 27.0. The molecule has 1 radical (unpaired) electrons. The molecule has 0 aliphatic carbocycles. The van der Waals surface area contributed by atoms with Crippen molar-refractivity contribution in [3.63, 3.8) is 0 Å². The van der Waals surface area contributed by atoms with Gasteiger partial charge in [-0.15, -0.1) is 0 Å². The molecule has 3 rings (SSSR count). The molecule has 161 valence electrons. The van der Waals surface area contributed by atoms with Crippen LogP contribution in [0.4, 0.5) is 5.69 Å². The number of aryl methyl sites for hydroxylation is 4. The van der Waals surface area contributed by atoms with E-state index in [9.17, 15) is 4.79 Å². The van der Waals surface area contributed by atoms with E-state index in [1.165, 1.54) is 30.4 Å². The fourth-order valence-electron chi connectivity index (χ4n) is 4.51. The first-order valence-corrected chi connectivity index (χ1v) is 11.0. The molecule has 1 N–H and O–H groups in total. The molecule has 0 bridgehead atoms. The zero-order valence-corrected chi connectivity index (χ0v) is 22.6. The second-order valence-corrected chi connectivity index (χ2v) is 8.64. The summed E-state index contributed by atoms with van der Waals surface area (Å²) in [6.07, 6.45) is 3.80. The Balaban J connectivity index is 0.000000477. The van der Waals surface area contributed by atoms with Gasteiger partial charge in [0.2, 0.25) is 0 Å². The monoisotopic (exact) mass is 484 g/mol. The largest absolute Gasteiger partial charge is 0.320 e. The third-order valence-corrected chi connectivity index (χ3v) is 6.40. The van der Waals surface area contributed by atoms with Crippen LogP contribution in [-0.4, -0.2) is 36.1 Å². The van der Waals surface area contributed by atoms with Gasteiger partial charge in [0.05, 0.1) is 19.6 Å². The standard InChI is InChI=1S/C19H30N2O.C7H8.Y/c1-6-21(10-8-7-9-11-21)17(5)19(22)20-18-15(3)12-14(2)13-16(18)4;1-7-5-3-2-4-6-7;/h12-13,17H,6-11H2,1-5H3;2-6H,1H3;/p+1. The molecule has 2 aromatic carbocycles. The number of piperidine rings is 1. The van der Waals surface area contributed by atoms with Crippen molar-refractivity contribution in [1.82, 2.24) is 0 Å². The SMILES string of the molecule is CC[N+]1(C(C)C(=O)Nc2c(C)cc(C)cc2C)CCCCC1.Cc1ccccc1.[Y]. The van der Waals surface area contributed by atoms with Gasteiger partial charge >= 0.3 is 0 Å². The molecule has 0 spiro atoms. The number of carbonyl (C=O) groups is 1. The second kappa shape index (κ2) is 12.7. The number of amides is 1. The van der Waals surface area contributed by atoms with Crippen LogP contribution in [0.5, 0.6) is 0 Å². The van der Waals surface area contributed by atoms with Gasteiger partial charge in [0.15, 0.2) is 6.04 Å². The van der Waals surface area contributed by atoms with E-state index in [0.717, 1.165) is 40.9 Å². The van der Waals surface area contributed by atoms with Crippen LogP contribution in [-0.2, 0) is 37.5 Å². The van der Waals surface area contributed by atoms with E-state index in [2.05, 4.69) is 71.1 Å². The second-order valence-electron chi connectivity index (χ2n) is 8.64. The maximum atomic E-state index is 12.8. The van der Waals surface area contributed by atoms with Crippen LogP contribution in [0, 0.1) is 27.7 Å². The predicted octanol–water partition coefficient (Wildman–Crippen LogP) is 5.95. The molecule has 1 fully saturated rings. The third-order valence-electron chi connectivity index (χ3n) is 6.40. The number of nitrogens with one attached hydrogen (secondary N) is 1. The zero-order valence-electron chi connectivity index (χ0n) is 19.8. The maximum Gasteiger partial charge on any atom is 0.282 e. The summed E-state index contributed by atoms with van der Waals surface area (Å²) < 4.78 is 0.940. The molecule has 1 atom stereocenters. The van der Waals surface area contributed by atoms with Gasteiger partial charge in [-0.3, -0.25) is 4.79 Å². The molecule has 1 amide bonds. The number of nitrogens with zero attached hydrogens (tertiary/aromatic N) is 1. The number of quaternary nitrogens is 1. The molecular formula is C26H39N2OY+. The van der Waals surface area contributed by atoms with Crippen LogP contribution in [0.25, 0.3) is 0 Å². The molecule has 3 nitrogen and oxygen atoms in total. The Hall–Kier alpha value is -1.03. The average molecular weight is 485 g/mol. The van der Waals surface area contributed by atoms with E-state index in [1.807, 2.05) is 18.2 Å². The van der Waals surface area contributed by atoms with Crippen molar-refractivity contribution in [3.8, 4) is 0 Å². The van der Waals surface area contributed by atoms with Gasteiger partial charge in [0, 0.05) is 38.4 Å². The third kappa shape index (κ3) is 7.29. The van der Waals surface area contributed by atoms with E-state index in [1.54, 1.807) is 0 Å². The molecule has 4 heteroatoms. The Morgan fingerprint density at radius 2 is 1.47 bits per heavy atom. The number of hydrogen-bond acceptors (Lipinski definition) is 1. The number of rotatable bonds is 4. The van der Waals surface area contributed by atoms with Crippen molar-refractivity contribution in [2.75, 3.05) is 25.0 Å². The van der Waals surface area contributed by atoms with Crippen molar-refractivity contribution in [1.29, 1.82) is 0 Å². The molecule has 1 aliphatic heterocycles. The van der Waals surface area contributed by atoms with E-state index in [0.29, 0.717) is 0 Å². The number of likely N-dealkylation sites (N-methyl/N-ethyl adjacent to an activating group) is 1. The smallest absolute Gasteiger partial charge is 0.282 e. The quantitative estimate of drug-likeness (QED) is 0.534. The maximum absolute atomic E-state index is 12.8. The van der Waals surface area contributed by atoms with E-state index >= 15 is 0 Å². The molecule has 1 aliphatic rings. The van der Waals surface area contributed by atoms with Crippen molar-refractivity contribution in [2.45, 2.75) is 66.8 Å². The molecule has 0 saturated carbocycles. The molecule has 1 heterocycles. The number of carbonyl (C=O) groups excluding carboxylic acids is 1. The molecule has 1 saturated heterocycles. The number of benzene rings is 2. The van der Waals surface area contributed by atoms with Gasteiger partial charge in [0.25, 0.3) is 5.91 Å². The Kier molecular flexibility index (Phi) is 11.5. The fourth-order valence-corrected chi connectivity index (χ4v) is 4.51. The summed E-state index contributed by atoms with van der Waals surface area (Å²) in [5.74, 6) is 0.166. The van der Waals surface area contributed by atoms with Crippen molar-refractivity contribution in [3.05, 3.63) is 64.7 Å². The predicted molar refractivity (Wildman–Crippen MR) is 124 cm³/mol. The van der Waals surface area contributed by atoms with Crippen LogP contribution in [0.3, 0.4) is 0 Å². The van der Waals surface area contributed by atoms with E-state index < -0.39 is 0 Å². The minimum absolute atomic E-state index is 0. The number of hydrogen-bond donors (Lipinski definition) is 1. The normalized spacial score (nSPS) is 15.8. The molecular weight excluding hydrogens is 445 g/mol. The van der Waals surface area contributed by atoms with Crippen LogP contribution >= 0.6 is 0 Å². The van der Waals surface area contributed by atoms with E-state index in [4.69, 9.17) is 0 Å². The fraction of sp³-hybridized carbons (Fsp3) is 0.500. The summed E-state index contributed by atoms with van der Waals surface area (Å²) in [6, 6.07) is 14.6. The van der Waals surface area contributed by atoms with Gasteiger partial charge in [0.1, 0.15) is 0 Å². The van der Waals surface area contributed by atoms with Crippen molar-refractivity contribution >= 4 is 11.6 Å². The summed E-state index contributed by atoms with van der Waals surface area (Å²) in [4.78, 5) is 12.8. The topological polar surface area (TPSA) is 29.1 Å². The summed E-state index contributed by atoms with van der Waals surface area (Å²) in [6.45, 7) is 16.0. The summed E-state index contributed by atoms with van der Waals surface area (Å²) in [7, 11) is 0.